The van der Waals surface area contributed by atoms with E-state index in [0.29, 0.717) is 0 Å². The Hall–Kier alpha value is -0.483. The molecule has 1 rings (SSSR count). The van der Waals surface area contributed by atoms with Crippen molar-refractivity contribution in [2.45, 2.75) is 39.5 Å². The Morgan fingerprint density at radius 2 is 1.65 bits per heavy atom. The van der Waals surface area contributed by atoms with E-state index in [9.17, 15) is 0 Å². The maximum absolute atomic E-state index is 6.01. The van der Waals surface area contributed by atoms with Crippen molar-refractivity contribution in [3.05, 3.63) is 16.6 Å². The standard InChI is InChI=1S/C13H20BrO2Si/c1-13(2,3)16-10-8-7-9(15-4)11(14)12(10)17(5)6/h7-8H,1-6H3. The monoisotopic (exact) mass is 315 g/mol. The molecule has 0 unspecified atom stereocenters. The first kappa shape index (κ1) is 14.6. The van der Waals surface area contributed by atoms with E-state index in [1.807, 2.05) is 12.1 Å². The minimum atomic E-state index is -0.627. The van der Waals surface area contributed by atoms with Gasteiger partial charge in [-0.15, -0.1) is 0 Å². The molecule has 0 aliphatic carbocycles. The number of ether oxygens (including phenoxy) is 2. The zero-order chi connectivity index (χ0) is 13.2. The number of rotatable bonds is 3. The van der Waals surface area contributed by atoms with Crippen molar-refractivity contribution < 1.29 is 9.47 Å². The first-order valence-electron chi connectivity index (χ1n) is 5.62. The van der Waals surface area contributed by atoms with Crippen LogP contribution in [0.3, 0.4) is 0 Å². The van der Waals surface area contributed by atoms with Gasteiger partial charge in [0.05, 0.1) is 20.4 Å². The fourth-order valence-corrected chi connectivity index (χ4v) is 4.45. The zero-order valence-corrected chi connectivity index (χ0v) is 13.9. The zero-order valence-electron chi connectivity index (χ0n) is 11.3. The molecule has 0 N–H and O–H groups in total. The van der Waals surface area contributed by atoms with Gasteiger partial charge in [-0.2, -0.15) is 0 Å². The molecular weight excluding hydrogens is 296 g/mol. The predicted octanol–water partition coefficient (Wildman–Crippen LogP) is 3.60. The Morgan fingerprint density at radius 1 is 1.12 bits per heavy atom. The summed E-state index contributed by atoms with van der Waals surface area (Å²) in [6.07, 6.45) is 0. The van der Waals surface area contributed by atoms with Gasteiger partial charge in [0, 0.05) is 0 Å². The molecule has 95 valence electrons. The molecule has 0 atom stereocenters. The summed E-state index contributed by atoms with van der Waals surface area (Å²) in [6.45, 7) is 10.7. The lowest BCUT2D eigenvalue weighted by Gasteiger charge is -2.25. The Morgan fingerprint density at radius 3 is 2.06 bits per heavy atom. The van der Waals surface area contributed by atoms with Crippen LogP contribution in [0.4, 0.5) is 0 Å². The number of hydrogen-bond donors (Lipinski definition) is 0. The fraction of sp³-hybridized carbons (Fsp3) is 0.538. The summed E-state index contributed by atoms with van der Waals surface area (Å²) < 4.78 is 12.4. The van der Waals surface area contributed by atoms with Crippen LogP contribution in [0.15, 0.2) is 16.6 Å². The van der Waals surface area contributed by atoms with Crippen LogP contribution in [-0.2, 0) is 0 Å². The smallest absolute Gasteiger partial charge is 0.133 e. The number of methoxy groups -OCH3 is 1. The van der Waals surface area contributed by atoms with Crippen molar-refractivity contribution in [3.63, 3.8) is 0 Å². The molecule has 4 heteroatoms. The molecule has 0 aliphatic heterocycles. The van der Waals surface area contributed by atoms with Gasteiger partial charge in [0.2, 0.25) is 0 Å². The van der Waals surface area contributed by atoms with Crippen LogP contribution in [0.1, 0.15) is 20.8 Å². The summed E-state index contributed by atoms with van der Waals surface area (Å²) in [5.74, 6) is 1.83. The highest BCUT2D eigenvalue weighted by Gasteiger charge is 2.20. The lowest BCUT2D eigenvalue weighted by Crippen LogP contribution is -2.32. The Labute approximate surface area is 114 Å². The fourth-order valence-electron chi connectivity index (χ4n) is 1.58. The lowest BCUT2D eigenvalue weighted by atomic mass is 10.2. The van der Waals surface area contributed by atoms with Crippen molar-refractivity contribution >= 4 is 29.9 Å². The SMILES string of the molecule is COc1ccc(OC(C)(C)C)c([Si](C)C)c1Br. The van der Waals surface area contributed by atoms with E-state index in [-0.39, 0.29) is 5.60 Å². The molecule has 0 amide bonds. The maximum Gasteiger partial charge on any atom is 0.133 e. The molecular formula is C13H20BrO2Si. The summed E-state index contributed by atoms with van der Waals surface area (Å²) in [5, 5.41) is 1.25. The second kappa shape index (κ2) is 5.44. The highest BCUT2D eigenvalue weighted by molar-refractivity contribution is 9.10. The first-order chi connectivity index (χ1) is 7.76. The molecule has 0 aliphatic rings. The van der Waals surface area contributed by atoms with Gasteiger partial charge in [-0.3, -0.25) is 0 Å². The van der Waals surface area contributed by atoms with E-state index in [4.69, 9.17) is 9.47 Å². The summed E-state index contributed by atoms with van der Waals surface area (Å²) in [7, 11) is 1.06. The Bertz CT molecular complexity index is 397. The second-order valence-corrected chi connectivity index (χ2v) is 8.46. The Balaban J connectivity index is 3.27. The quantitative estimate of drug-likeness (QED) is 0.793. The van der Waals surface area contributed by atoms with Gasteiger partial charge in [0.25, 0.3) is 0 Å². The molecule has 0 heterocycles. The van der Waals surface area contributed by atoms with Gasteiger partial charge < -0.3 is 9.47 Å². The van der Waals surface area contributed by atoms with Crippen molar-refractivity contribution in [1.82, 2.24) is 0 Å². The van der Waals surface area contributed by atoms with Gasteiger partial charge in [0.1, 0.15) is 17.1 Å². The predicted molar refractivity (Wildman–Crippen MR) is 78.2 cm³/mol. The van der Waals surface area contributed by atoms with Crippen LogP contribution in [0.5, 0.6) is 11.5 Å². The van der Waals surface area contributed by atoms with Crippen molar-refractivity contribution in [2.24, 2.45) is 0 Å². The average Bonchev–Trinajstić information content (AvgIpc) is 2.14. The highest BCUT2D eigenvalue weighted by Crippen LogP contribution is 2.29. The molecule has 0 fully saturated rings. The number of halogens is 1. The van der Waals surface area contributed by atoms with Gasteiger partial charge in [-0.05, 0) is 54.0 Å². The topological polar surface area (TPSA) is 18.5 Å². The van der Waals surface area contributed by atoms with Crippen LogP contribution in [0, 0.1) is 0 Å². The van der Waals surface area contributed by atoms with Crippen LogP contribution in [0.2, 0.25) is 13.1 Å². The van der Waals surface area contributed by atoms with Crippen LogP contribution in [0.25, 0.3) is 0 Å². The summed E-state index contributed by atoms with van der Waals surface area (Å²) in [5.41, 5.74) is -0.180. The molecule has 1 aromatic carbocycles. The molecule has 0 aromatic heterocycles. The van der Waals surface area contributed by atoms with Crippen LogP contribution >= 0.6 is 15.9 Å². The molecule has 1 aromatic rings. The van der Waals surface area contributed by atoms with E-state index in [2.05, 4.69) is 49.8 Å². The minimum absolute atomic E-state index is 0.180. The van der Waals surface area contributed by atoms with Crippen molar-refractivity contribution in [1.29, 1.82) is 0 Å². The number of hydrogen-bond acceptors (Lipinski definition) is 2. The minimum Gasteiger partial charge on any atom is -0.496 e. The van der Waals surface area contributed by atoms with Gasteiger partial charge in [0.15, 0.2) is 0 Å². The molecule has 1 radical (unpaired) electrons. The highest BCUT2D eigenvalue weighted by atomic mass is 79.9. The van der Waals surface area contributed by atoms with E-state index in [1.54, 1.807) is 7.11 Å². The Kier molecular flexibility index (Phi) is 4.67. The van der Waals surface area contributed by atoms with Crippen molar-refractivity contribution in [2.75, 3.05) is 7.11 Å². The molecule has 0 saturated heterocycles. The molecule has 0 saturated carbocycles. The van der Waals surface area contributed by atoms with E-state index in [1.165, 1.54) is 5.19 Å². The number of benzene rings is 1. The van der Waals surface area contributed by atoms with Crippen molar-refractivity contribution in [3.8, 4) is 11.5 Å². The van der Waals surface area contributed by atoms with Crippen LogP contribution in [-0.4, -0.2) is 21.5 Å². The largest absolute Gasteiger partial charge is 0.496 e. The molecule has 0 spiro atoms. The van der Waals surface area contributed by atoms with E-state index in [0.717, 1.165) is 16.0 Å². The van der Waals surface area contributed by atoms with Crippen LogP contribution < -0.4 is 14.7 Å². The normalized spacial score (nSPS) is 11.8. The summed E-state index contributed by atoms with van der Waals surface area (Å²) >= 11 is 3.62. The average molecular weight is 316 g/mol. The summed E-state index contributed by atoms with van der Waals surface area (Å²) in [6, 6.07) is 3.95. The summed E-state index contributed by atoms with van der Waals surface area (Å²) in [4.78, 5) is 0. The van der Waals surface area contributed by atoms with Gasteiger partial charge in [-0.1, -0.05) is 13.1 Å². The van der Waals surface area contributed by atoms with E-state index >= 15 is 0 Å². The third-order valence-corrected chi connectivity index (χ3v) is 4.85. The maximum atomic E-state index is 6.01. The second-order valence-electron chi connectivity index (χ2n) is 5.17. The first-order valence-corrected chi connectivity index (χ1v) is 8.91. The van der Waals surface area contributed by atoms with Gasteiger partial charge >= 0.3 is 0 Å². The lowest BCUT2D eigenvalue weighted by molar-refractivity contribution is 0.132. The third-order valence-electron chi connectivity index (χ3n) is 2.20. The van der Waals surface area contributed by atoms with E-state index < -0.39 is 8.80 Å². The molecule has 2 nitrogen and oxygen atoms in total. The molecule has 17 heavy (non-hydrogen) atoms. The molecule has 0 bridgehead atoms. The third kappa shape index (κ3) is 3.74. The van der Waals surface area contributed by atoms with Gasteiger partial charge in [-0.25, -0.2) is 0 Å².